The summed E-state index contributed by atoms with van der Waals surface area (Å²) in [6.45, 7) is 4.02. The Hall–Kier alpha value is -1.92. The number of hydrogen-bond acceptors (Lipinski definition) is 6. The van der Waals surface area contributed by atoms with Crippen molar-refractivity contribution in [1.29, 1.82) is 0 Å². The lowest BCUT2D eigenvalue weighted by atomic mass is 10.1. The highest BCUT2D eigenvalue weighted by molar-refractivity contribution is 7.10. The van der Waals surface area contributed by atoms with Crippen LogP contribution in [-0.4, -0.2) is 23.1 Å². The maximum absolute atomic E-state index is 5.06. The monoisotopic (exact) mass is 394 g/mol. The molecule has 0 radical (unpaired) electrons. The molecule has 4 nitrogen and oxygen atoms in total. The second kappa shape index (κ2) is 6.31. The van der Waals surface area contributed by atoms with E-state index < -0.39 is 0 Å². The minimum absolute atomic E-state index is 0.648. The van der Waals surface area contributed by atoms with Crippen molar-refractivity contribution >= 4 is 34.4 Å². The Morgan fingerprint density at radius 3 is 2.22 bits per heavy atom. The third kappa shape index (κ3) is 2.95. The van der Waals surface area contributed by atoms with Crippen LogP contribution in [0.25, 0.3) is 0 Å². The molecule has 0 spiro atoms. The number of thiophene rings is 2. The Bertz CT molecular complexity index is 917. The molecule has 0 aromatic carbocycles. The number of aromatic nitrogens is 2. The van der Waals surface area contributed by atoms with Gasteiger partial charge in [-0.3, -0.25) is 0 Å². The fourth-order valence-electron chi connectivity index (χ4n) is 4.17. The molecule has 27 heavy (non-hydrogen) atoms. The molecule has 1 aliphatic carbocycles. The normalized spacial score (nSPS) is 19.1. The van der Waals surface area contributed by atoms with E-state index in [4.69, 9.17) is 9.97 Å². The molecular weight excluding hydrogens is 372 g/mol. The maximum atomic E-state index is 5.06. The van der Waals surface area contributed by atoms with E-state index in [1.54, 1.807) is 0 Å². The summed E-state index contributed by atoms with van der Waals surface area (Å²) in [4.78, 5) is 17.9. The Balaban J connectivity index is 1.34. The molecule has 3 aromatic heterocycles. The zero-order chi connectivity index (χ0) is 17.8. The average Bonchev–Trinajstić information content (AvgIpc) is 3.27. The molecule has 3 aliphatic rings. The van der Waals surface area contributed by atoms with Gasteiger partial charge in [-0.05, 0) is 59.7 Å². The predicted molar refractivity (Wildman–Crippen MR) is 112 cm³/mol. The summed E-state index contributed by atoms with van der Waals surface area (Å²) in [5.41, 5.74) is 4.29. The van der Waals surface area contributed by atoms with Crippen LogP contribution < -0.4 is 9.80 Å². The molecule has 1 fully saturated rings. The third-order valence-electron chi connectivity index (χ3n) is 5.97. The van der Waals surface area contributed by atoms with E-state index in [-0.39, 0.29) is 0 Å². The van der Waals surface area contributed by atoms with Gasteiger partial charge < -0.3 is 9.80 Å². The molecule has 6 rings (SSSR count). The first kappa shape index (κ1) is 16.1. The number of anilines is 2. The second-order valence-electron chi connectivity index (χ2n) is 7.81. The summed E-state index contributed by atoms with van der Waals surface area (Å²) in [6.07, 6.45) is 4.78. The van der Waals surface area contributed by atoms with Crippen molar-refractivity contribution in [3.63, 3.8) is 0 Å². The van der Waals surface area contributed by atoms with Crippen LogP contribution in [-0.2, 0) is 25.9 Å². The molecule has 5 heterocycles. The molecule has 0 N–H and O–H groups in total. The second-order valence-corrected chi connectivity index (χ2v) is 9.81. The standard InChI is InChI=1S/C21H22N4S2/c1-2-14(1)17-11-20(24-7-3-15-5-9-26-18(15)12-24)23-21(22-17)25-8-4-16-6-10-27-19(16)13-25/h5-6,9-11,14H,1-4,7-8,12-13H2. The van der Waals surface area contributed by atoms with Crippen LogP contribution in [0.3, 0.4) is 0 Å². The minimum atomic E-state index is 0.648. The zero-order valence-electron chi connectivity index (χ0n) is 15.2. The number of rotatable bonds is 3. The van der Waals surface area contributed by atoms with Crippen molar-refractivity contribution in [3.8, 4) is 0 Å². The van der Waals surface area contributed by atoms with Crippen molar-refractivity contribution in [3.05, 3.63) is 55.5 Å². The Labute approximate surface area is 167 Å². The smallest absolute Gasteiger partial charge is 0.227 e. The van der Waals surface area contributed by atoms with Crippen LogP contribution >= 0.6 is 22.7 Å². The van der Waals surface area contributed by atoms with Crippen molar-refractivity contribution in [2.45, 2.75) is 44.7 Å². The van der Waals surface area contributed by atoms with E-state index in [0.717, 1.165) is 50.8 Å². The highest BCUT2D eigenvalue weighted by Gasteiger charge is 2.29. The van der Waals surface area contributed by atoms with Gasteiger partial charge in [0.25, 0.3) is 0 Å². The highest BCUT2D eigenvalue weighted by Crippen LogP contribution is 2.41. The van der Waals surface area contributed by atoms with Crippen LogP contribution in [0.4, 0.5) is 11.8 Å². The van der Waals surface area contributed by atoms with Gasteiger partial charge in [0.05, 0.1) is 18.8 Å². The van der Waals surface area contributed by atoms with Crippen molar-refractivity contribution < 1.29 is 0 Å². The summed E-state index contributed by atoms with van der Waals surface area (Å²) in [5.74, 6) is 2.71. The third-order valence-corrected chi connectivity index (χ3v) is 7.87. The van der Waals surface area contributed by atoms with Gasteiger partial charge in [0.1, 0.15) is 5.82 Å². The molecule has 0 unspecified atom stereocenters. The lowest BCUT2D eigenvalue weighted by molar-refractivity contribution is 0.698. The molecule has 2 aliphatic heterocycles. The lowest BCUT2D eigenvalue weighted by Crippen LogP contribution is -2.33. The Morgan fingerprint density at radius 2 is 1.52 bits per heavy atom. The quantitative estimate of drug-likeness (QED) is 0.650. The SMILES string of the molecule is c1cc2c(s1)CN(c1cc(C3CC3)nc(N3CCc4ccsc4C3)n1)CC2. The van der Waals surface area contributed by atoms with Gasteiger partial charge >= 0.3 is 0 Å². The van der Waals surface area contributed by atoms with Gasteiger partial charge in [0.2, 0.25) is 5.95 Å². The van der Waals surface area contributed by atoms with Crippen molar-refractivity contribution in [1.82, 2.24) is 9.97 Å². The van der Waals surface area contributed by atoms with Crippen LogP contribution in [0.15, 0.2) is 29.0 Å². The summed E-state index contributed by atoms with van der Waals surface area (Å²) in [7, 11) is 0. The molecule has 0 bridgehead atoms. The Morgan fingerprint density at radius 1 is 0.852 bits per heavy atom. The van der Waals surface area contributed by atoms with E-state index in [1.165, 1.54) is 39.4 Å². The van der Waals surface area contributed by atoms with Crippen LogP contribution in [0.5, 0.6) is 0 Å². The van der Waals surface area contributed by atoms with Gasteiger partial charge in [-0.2, -0.15) is 4.98 Å². The number of fused-ring (bicyclic) bond motifs is 2. The average molecular weight is 395 g/mol. The first-order valence-corrected chi connectivity index (χ1v) is 11.6. The van der Waals surface area contributed by atoms with Crippen molar-refractivity contribution in [2.75, 3.05) is 22.9 Å². The molecule has 0 amide bonds. The molecule has 6 heteroatoms. The van der Waals surface area contributed by atoms with E-state index in [9.17, 15) is 0 Å². The zero-order valence-corrected chi connectivity index (χ0v) is 16.9. The van der Waals surface area contributed by atoms with E-state index >= 15 is 0 Å². The highest BCUT2D eigenvalue weighted by atomic mass is 32.1. The lowest BCUT2D eigenvalue weighted by Gasteiger charge is -2.31. The van der Waals surface area contributed by atoms with Gasteiger partial charge in [0.15, 0.2) is 0 Å². The summed E-state index contributed by atoms with van der Waals surface area (Å²) in [6, 6.07) is 6.82. The minimum Gasteiger partial charge on any atom is -0.351 e. The molecule has 0 saturated heterocycles. The first-order chi connectivity index (χ1) is 13.3. The van der Waals surface area contributed by atoms with Gasteiger partial charge in [-0.25, -0.2) is 4.98 Å². The number of nitrogens with zero attached hydrogens (tertiary/aromatic N) is 4. The van der Waals surface area contributed by atoms with E-state index in [2.05, 4.69) is 38.8 Å². The largest absolute Gasteiger partial charge is 0.351 e. The van der Waals surface area contributed by atoms with E-state index in [1.807, 2.05) is 22.7 Å². The maximum Gasteiger partial charge on any atom is 0.227 e. The Kier molecular flexibility index (Phi) is 3.76. The molecule has 0 atom stereocenters. The van der Waals surface area contributed by atoms with Crippen LogP contribution in [0.2, 0.25) is 0 Å². The van der Waals surface area contributed by atoms with Crippen LogP contribution in [0, 0.1) is 0 Å². The molecule has 138 valence electrons. The topological polar surface area (TPSA) is 32.3 Å². The van der Waals surface area contributed by atoms with Gasteiger partial charge in [-0.15, -0.1) is 22.7 Å². The molecule has 3 aromatic rings. The molecular formula is C21H22N4S2. The summed E-state index contributed by atoms with van der Waals surface area (Å²) >= 11 is 3.74. The summed E-state index contributed by atoms with van der Waals surface area (Å²) in [5, 5.41) is 4.44. The molecule has 1 saturated carbocycles. The first-order valence-electron chi connectivity index (χ1n) is 9.83. The van der Waals surface area contributed by atoms with Crippen molar-refractivity contribution in [2.24, 2.45) is 0 Å². The van der Waals surface area contributed by atoms with E-state index in [0.29, 0.717) is 5.92 Å². The van der Waals surface area contributed by atoms with Gasteiger partial charge in [-0.1, -0.05) is 0 Å². The predicted octanol–water partition coefficient (Wildman–Crippen LogP) is 4.60. The van der Waals surface area contributed by atoms with Gasteiger partial charge in [0, 0.05) is 34.8 Å². The number of hydrogen-bond donors (Lipinski definition) is 0. The van der Waals surface area contributed by atoms with Crippen LogP contribution in [0.1, 0.15) is 45.3 Å². The fraction of sp³-hybridized carbons (Fsp3) is 0.429. The summed E-state index contributed by atoms with van der Waals surface area (Å²) < 4.78 is 0. The fourth-order valence-corrected chi connectivity index (χ4v) is 6.07.